The quantitative estimate of drug-likeness (QED) is 0.804. The maximum atomic E-state index is 13.0. The van der Waals surface area contributed by atoms with E-state index in [9.17, 15) is 4.79 Å². The number of carbonyl (C=O) groups excluding carboxylic acids is 1. The lowest BCUT2D eigenvalue weighted by atomic mass is 10.1. The summed E-state index contributed by atoms with van der Waals surface area (Å²) in [6, 6.07) is 13.5. The van der Waals surface area contributed by atoms with Crippen molar-refractivity contribution >= 4 is 18.3 Å². The standard InChI is InChI=1S/C20H24N2O3.ClH/c1-24-18-9-10-19(25-2)16(11-18)13-22(17-7-8-17)20(23)15-5-3-14(12-21)4-6-15;/h3-6,9-11,17H,7-8,12-13,21H2,1-2H3;1H. The second kappa shape index (κ2) is 8.92. The summed E-state index contributed by atoms with van der Waals surface area (Å²) in [6.45, 7) is 0.977. The van der Waals surface area contributed by atoms with Crippen LogP contribution >= 0.6 is 12.4 Å². The average molecular weight is 377 g/mol. The fraction of sp³-hybridized carbons (Fsp3) is 0.350. The van der Waals surface area contributed by atoms with Crippen LogP contribution < -0.4 is 15.2 Å². The Morgan fingerprint density at radius 3 is 2.35 bits per heavy atom. The molecule has 2 aromatic rings. The maximum absolute atomic E-state index is 13.0. The lowest BCUT2D eigenvalue weighted by Crippen LogP contribution is -2.32. The molecule has 0 radical (unpaired) electrons. The molecule has 0 aromatic heterocycles. The van der Waals surface area contributed by atoms with Gasteiger partial charge in [0, 0.05) is 23.7 Å². The fourth-order valence-electron chi connectivity index (χ4n) is 2.89. The molecular weight excluding hydrogens is 352 g/mol. The van der Waals surface area contributed by atoms with Gasteiger partial charge in [0.1, 0.15) is 11.5 Å². The van der Waals surface area contributed by atoms with E-state index in [4.69, 9.17) is 15.2 Å². The zero-order valence-corrected chi connectivity index (χ0v) is 15.9. The van der Waals surface area contributed by atoms with Crippen molar-refractivity contribution in [2.75, 3.05) is 14.2 Å². The highest BCUT2D eigenvalue weighted by Crippen LogP contribution is 2.33. The Labute approximate surface area is 160 Å². The van der Waals surface area contributed by atoms with Gasteiger partial charge in [-0.15, -0.1) is 12.4 Å². The molecule has 1 aliphatic carbocycles. The number of benzene rings is 2. The van der Waals surface area contributed by atoms with Gasteiger partial charge in [-0.1, -0.05) is 12.1 Å². The largest absolute Gasteiger partial charge is 0.497 e. The van der Waals surface area contributed by atoms with Crippen LogP contribution in [-0.2, 0) is 13.1 Å². The lowest BCUT2D eigenvalue weighted by Gasteiger charge is -2.24. The molecule has 0 unspecified atom stereocenters. The van der Waals surface area contributed by atoms with E-state index in [0.29, 0.717) is 18.7 Å². The van der Waals surface area contributed by atoms with Crippen LogP contribution in [0.15, 0.2) is 42.5 Å². The minimum Gasteiger partial charge on any atom is -0.497 e. The van der Waals surface area contributed by atoms with Crippen molar-refractivity contribution in [2.45, 2.75) is 32.0 Å². The second-order valence-electron chi connectivity index (χ2n) is 6.24. The van der Waals surface area contributed by atoms with Gasteiger partial charge in [-0.25, -0.2) is 0 Å². The first-order valence-electron chi connectivity index (χ1n) is 8.47. The first-order valence-corrected chi connectivity index (χ1v) is 8.47. The monoisotopic (exact) mass is 376 g/mol. The molecule has 2 N–H and O–H groups in total. The van der Waals surface area contributed by atoms with E-state index in [1.54, 1.807) is 14.2 Å². The summed E-state index contributed by atoms with van der Waals surface area (Å²) in [4.78, 5) is 14.9. The number of hydrogen-bond acceptors (Lipinski definition) is 4. The number of rotatable bonds is 7. The van der Waals surface area contributed by atoms with Gasteiger partial charge in [0.25, 0.3) is 5.91 Å². The number of hydrogen-bond donors (Lipinski definition) is 1. The lowest BCUT2D eigenvalue weighted by molar-refractivity contribution is 0.0728. The van der Waals surface area contributed by atoms with Gasteiger partial charge in [-0.05, 0) is 48.7 Å². The molecule has 0 aliphatic heterocycles. The smallest absolute Gasteiger partial charge is 0.254 e. The van der Waals surface area contributed by atoms with Crippen LogP contribution in [0.4, 0.5) is 0 Å². The Kier molecular flexibility index (Phi) is 6.89. The number of nitrogens with two attached hydrogens (primary N) is 1. The Morgan fingerprint density at radius 2 is 1.81 bits per heavy atom. The van der Waals surface area contributed by atoms with Gasteiger partial charge < -0.3 is 20.1 Å². The second-order valence-corrected chi connectivity index (χ2v) is 6.24. The number of halogens is 1. The van der Waals surface area contributed by atoms with Gasteiger partial charge in [-0.2, -0.15) is 0 Å². The average Bonchev–Trinajstić information content (AvgIpc) is 3.50. The number of carbonyl (C=O) groups is 1. The SMILES string of the molecule is COc1ccc(OC)c(CN(C(=O)c2ccc(CN)cc2)C2CC2)c1.Cl. The van der Waals surface area contributed by atoms with Crippen molar-refractivity contribution < 1.29 is 14.3 Å². The van der Waals surface area contributed by atoms with Crippen molar-refractivity contribution in [3.05, 3.63) is 59.2 Å². The zero-order valence-electron chi connectivity index (χ0n) is 15.1. The van der Waals surface area contributed by atoms with Gasteiger partial charge in [0.05, 0.1) is 20.8 Å². The molecule has 2 aromatic carbocycles. The summed E-state index contributed by atoms with van der Waals surface area (Å²) in [6.07, 6.45) is 2.08. The van der Waals surface area contributed by atoms with E-state index >= 15 is 0 Å². The minimum atomic E-state index is 0. The van der Waals surface area contributed by atoms with E-state index in [2.05, 4.69) is 0 Å². The van der Waals surface area contributed by atoms with E-state index in [0.717, 1.165) is 35.5 Å². The van der Waals surface area contributed by atoms with Crippen LogP contribution in [-0.4, -0.2) is 31.1 Å². The molecule has 0 atom stereocenters. The molecule has 0 heterocycles. The number of ether oxygens (including phenoxy) is 2. The van der Waals surface area contributed by atoms with E-state index in [1.165, 1.54) is 0 Å². The Bertz CT molecular complexity index is 745. The van der Waals surface area contributed by atoms with Crippen LogP contribution in [0.2, 0.25) is 0 Å². The molecule has 6 heteroatoms. The highest BCUT2D eigenvalue weighted by Gasteiger charge is 2.33. The molecule has 0 bridgehead atoms. The van der Waals surface area contributed by atoms with E-state index in [1.807, 2.05) is 47.4 Å². The first-order chi connectivity index (χ1) is 12.2. The normalized spacial score (nSPS) is 12.9. The van der Waals surface area contributed by atoms with Gasteiger partial charge in [-0.3, -0.25) is 4.79 Å². The Hall–Kier alpha value is -2.24. The number of methoxy groups -OCH3 is 2. The molecule has 3 rings (SSSR count). The predicted octanol–water partition coefficient (Wildman–Crippen LogP) is 3.39. The Morgan fingerprint density at radius 1 is 1.12 bits per heavy atom. The topological polar surface area (TPSA) is 64.8 Å². The maximum Gasteiger partial charge on any atom is 0.254 e. The van der Waals surface area contributed by atoms with Crippen molar-refractivity contribution in [2.24, 2.45) is 5.73 Å². The first kappa shape index (κ1) is 20.1. The summed E-state index contributed by atoms with van der Waals surface area (Å²) in [5, 5.41) is 0. The van der Waals surface area contributed by atoms with Crippen LogP contribution in [0.5, 0.6) is 11.5 Å². The molecule has 0 saturated heterocycles. The molecular formula is C20H25ClN2O3. The third kappa shape index (κ3) is 4.48. The van der Waals surface area contributed by atoms with Crippen LogP contribution in [0, 0.1) is 0 Å². The third-order valence-corrected chi connectivity index (χ3v) is 4.51. The molecule has 0 spiro atoms. The fourth-order valence-corrected chi connectivity index (χ4v) is 2.89. The summed E-state index contributed by atoms with van der Waals surface area (Å²) in [5.74, 6) is 1.56. The van der Waals surface area contributed by atoms with Crippen molar-refractivity contribution in [1.29, 1.82) is 0 Å². The molecule has 1 aliphatic rings. The third-order valence-electron chi connectivity index (χ3n) is 4.51. The highest BCUT2D eigenvalue weighted by molar-refractivity contribution is 5.94. The molecule has 5 nitrogen and oxygen atoms in total. The number of nitrogens with zero attached hydrogens (tertiary/aromatic N) is 1. The summed E-state index contributed by atoms with van der Waals surface area (Å²) >= 11 is 0. The van der Waals surface area contributed by atoms with Crippen molar-refractivity contribution in [3.8, 4) is 11.5 Å². The molecule has 1 amide bonds. The summed E-state index contributed by atoms with van der Waals surface area (Å²) in [7, 11) is 3.27. The molecule has 140 valence electrons. The van der Waals surface area contributed by atoms with Gasteiger partial charge >= 0.3 is 0 Å². The summed E-state index contributed by atoms with van der Waals surface area (Å²) in [5.41, 5.74) is 8.28. The van der Waals surface area contributed by atoms with Crippen molar-refractivity contribution in [3.63, 3.8) is 0 Å². The van der Waals surface area contributed by atoms with Crippen molar-refractivity contribution in [1.82, 2.24) is 4.90 Å². The number of amides is 1. The molecule has 26 heavy (non-hydrogen) atoms. The van der Waals surface area contributed by atoms with Crippen LogP contribution in [0.1, 0.15) is 34.3 Å². The Balaban J connectivity index is 0.00000243. The summed E-state index contributed by atoms with van der Waals surface area (Å²) < 4.78 is 10.8. The van der Waals surface area contributed by atoms with Gasteiger partial charge in [0.2, 0.25) is 0 Å². The van der Waals surface area contributed by atoms with Crippen LogP contribution in [0.25, 0.3) is 0 Å². The highest BCUT2D eigenvalue weighted by atomic mass is 35.5. The van der Waals surface area contributed by atoms with E-state index in [-0.39, 0.29) is 24.4 Å². The molecule has 1 fully saturated rings. The zero-order chi connectivity index (χ0) is 17.8. The van der Waals surface area contributed by atoms with Gasteiger partial charge in [0.15, 0.2) is 0 Å². The molecule has 1 saturated carbocycles. The predicted molar refractivity (Wildman–Crippen MR) is 104 cm³/mol. The minimum absolute atomic E-state index is 0. The van der Waals surface area contributed by atoms with Crippen LogP contribution in [0.3, 0.4) is 0 Å². The van der Waals surface area contributed by atoms with E-state index < -0.39 is 0 Å².